The zero-order chi connectivity index (χ0) is 23.1. The molecule has 7 nitrogen and oxygen atoms in total. The quantitative estimate of drug-likeness (QED) is 0.519. The first-order chi connectivity index (χ1) is 15.5. The van der Waals surface area contributed by atoms with Gasteiger partial charge in [0.2, 0.25) is 5.91 Å². The van der Waals surface area contributed by atoms with E-state index in [-0.39, 0.29) is 12.5 Å². The maximum atomic E-state index is 12.6. The van der Waals surface area contributed by atoms with Gasteiger partial charge in [-0.2, -0.15) is 0 Å². The molecule has 0 aromatic heterocycles. The fourth-order valence-electron chi connectivity index (χ4n) is 4.16. The predicted molar refractivity (Wildman–Crippen MR) is 121 cm³/mol. The van der Waals surface area contributed by atoms with Gasteiger partial charge in [-0.3, -0.25) is 4.79 Å². The number of alkyl carbamates (subject to hydrolysis) is 1. The van der Waals surface area contributed by atoms with Crippen molar-refractivity contribution in [1.82, 2.24) is 10.6 Å². The molecule has 0 bridgehead atoms. The second-order valence-electron chi connectivity index (χ2n) is 8.00. The molecule has 0 fully saturated rings. The van der Waals surface area contributed by atoms with Crippen molar-refractivity contribution in [2.75, 3.05) is 6.61 Å². The number of carboxylic acids is 1. The molecule has 0 saturated carbocycles. The van der Waals surface area contributed by atoms with Gasteiger partial charge in [0.25, 0.3) is 0 Å². The first kappa shape index (κ1) is 23.3. The third-order valence-corrected chi connectivity index (χ3v) is 5.72. The molecule has 0 unspecified atom stereocenters. The Labute approximate surface area is 188 Å². The Balaban J connectivity index is 1.64. The van der Waals surface area contributed by atoms with E-state index in [1.165, 1.54) is 0 Å². The Hall–Kier alpha value is -3.35. The summed E-state index contributed by atoms with van der Waals surface area (Å²) in [5.41, 5.74) is 4.48. The van der Waals surface area contributed by atoms with Crippen LogP contribution in [0.3, 0.4) is 0 Å². The number of fused-ring (bicyclic) bond motifs is 3. The van der Waals surface area contributed by atoms with Gasteiger partial charge in [-0.25, -0.2) is 9.59 Å². The van der Waals surface area contributed by atoms with Crippen LogP contribution in [0.1, 0.15) is 56.6 Å². The molecule has 2 atom stereocenters. The van der Waals surface area contributed by atoms with Crippen molar-refractivity contribution in [2.24, 2.45) is 0 Å². The van der Waals surface area contributed by atoms with E-state index < -0.39 is 30.1 Å². The number of benzene rings is 2. The monoisotopic (exact) mass is 438 g/mol. The summed E-state index contributed by atoms with van der Waals surface area (Å²) < 4.78 is 5.52. The summed E-state index contributed by atoms with van der Waals surface area (Å²) in [5.74, 6) is -1.68. The summed E-state index contributed by atoms with van der Waals surface area (Å²) in [6.45, 7) is 3.88. The minimum atomic E-state index is -1.09. The van der Waals surface area contributed by atoms with Crippen LogP contribution in [0.2, 0.25) is 0 Å². The molecule has 2 aromatic rings. The van der Waals surface area contributed by atoms with Crippen molar-refractivity contribution < 1.29 is 24.2 Å². The molecule has 2 amide bonds. The van der Waals surface area contributed by atoms with E-state index in [1.807, 2.05) is 50.2 Å². The first-order valence-corrected chi connectivity index (χ1v) is 11.1. The number of hydrogen-bond acceptors (Lipinski definition) is 4. The van der Waals surface area contributed by atoms with Gasteiger partial charge in [-0.15, -0.1) is 0 Å². The van der Waals surface area contributed by atoms with Crippen molar-refractivity contribution >= 4 is 18.0 Å². The van der Waals surface area contributed by atoms with Crippen molar-refractivity contribution in [3.8, 4) is 11.1 Å². The van der Waals surface area contributed by atoms with E-state index in [1.54, 1.807) is 0 Å². The molecule has 0 radical (unpaired) electrons. The van der Waals surface area contributed by atoms with Gasteiger partial charge in [0, 0.05) is 5.92 Å². The van der Waals surface area contributed by atoms with Crippen molar-refractivity contribution in [3.05, 3.63) is 59.7 Å². The van der Waals surface area contributed by atoms with Gasteiger partial charge in [0.15, 0.2) is 0 Å². The fraction of sp³-hybridized carbons (Fsp3) is 0.400. The van der Waals surface area contributed by atoms with Gasteiger partial charge in [-0.05, 0) is 35.1 Å². The lowest BCUT2D eigenvalue weighted by molar-refractivity contribution is -0.142. The number of aliphatic carboxylic acids is 1. The molecule has 170 valence electrons. The smallest absolute Gasteiger partial charge is 0.407 e. The Morgan fingerprint density at radius 2 is 1.41 bits per heavy atom. The summed E-state index contributed by atoms with van der Waals surface area (Å²) in [6, 6.07) is 14.3. The second kappa shape index (κ2) is 10.8. The van der Waals surface area contributed by atoms with E-state index in [9.17, 15) is 19.5 Å². The zero-order valence-corrected chi connectivity index (χ0v) is 18.5. The lowest BCUT2D eigenvalue weighted by Crippen LogP contribution is -2.51. The fourth-order valence-corrected chi connectivity index (χ4v) is 4.16. The van der Waals surface area contributed by atoms with E-state index in [2.05, 4.69) is 22.8 Å². The zero-order valence-electron chi connectivity index (χ0n) is 18.5. The lowest BCUT2D eigenvalue weighted by atomic mass is 9.98. The Morgan fingerprint density at radius 3 is 1.94 bits per heavy atom. The minimum absolute atomic E-state index is 0.0763. The largest absolute Gasteiger partial charge is 0.480 e. The maximum Gasteiger partial charge on any atom is 0.407 e. The number of rotatable bonds is 10. The Kier molecular flexibility index (Phi) is 7.87. The number of nitrogens with one attached hydrogen (secondary N) is 2. The van der Waals surface area contributed by atoms with E-state index >= 15 is 0 Å². The van der Waals surface area contributed by atoms with Gasteiger partial charge >= 0.3 is 12.1 Å². The number of carbonyl (C=O) groups excluding carboxylic acids is 2. The molecule has 7 heteroatoms. The van der Waals surface area contributed by atoms with Crippen molar-refractivity contribution in [2.45, 2.75) is 57.5 Å². The molecular weight excluding hydrogens is 408 g/mol. The highest BCUT2D eigenvalue weighted by molar-refractivity contribution is 5.89. The summed E-state index contributed by atoms with van der Waals surface area (Å²) in [4.78, 5) is 36.5. The highest BCUT2D eigenvalue weighted by Gasteiger charge is 2.30. The van der Waals surface area contributed by atoms with E-state index in [4.69, 9.17) is 4.74 Å². The van der Waals surface area contributed by atoms with Gasteiger partial charge in [0.1, 0.15) is 18.7 Å². The number of amides is 2. The molecule has 0 heterocycles. The highest BCUT2D eigenvalue weighted by atomic mass is 16.5. The molecule has 32 heavy (non-hydrogen) atoms. The van der Waals surface area contributed by atoms with Crippen LogP contribution in [0.25, 0.3) is 11.1 Å². The maximum absolute atomic E-state index is 12.6. The van der Waals surface area contributed by atoms with Gasteiger partial charge in [-0.1, -0.05) is 75.2 Å². The molecule has 3 N–H and O–H groups in total. The molecular formula is C25H30N2O5. The number of hydrogen-bond donors (Lipinski definition) is 3. The normalized spacial score (nSPS) is 14.1. The SMILES string of the molecule is CCC[C@@H](NC(=O)[C@@H](CCC)NC(=O)OCC1c2ccccc2-c2ccccc21)C(=O)O. The van der Waals surface area contributed by atoms with Crippen LogP contribution >= 0.6 is 0 Å². The van der Waals surface area contributed by atoms with Gasteiger partial charge in [0.05, 0.1) is 0 Å². The van der Waals surface area contributed by atoms with Crippen molar-refractivity contribution in [3.63, 3.8) is 0 Å². The van der Waals surface area contributed by atoms with Gasteiger partial charge < -0.3 is 20.5 Å². The van der Waals surface area contributed by atoms with Crippen LogP contribution in [0, 0.1) is 0 Å². The van der Waals surface area contributed by atoms with Crippen molar-refractivity contribution in [1.29, 1.82) is 0 Å². The van der Waals surface area contributed by atoms with E-state index in [0.29, 0.717) is 25.7 Å². The summed E-state index contributed by atoms with van der Waals surface area (Å²) in [6.07, 6.45) is 1.28. The van der Waals surface area contributed by atoms with Crippen LogP contribution in [0.4, 0.5) is 4.79 Å². The predicted octanol–water partition coefficient (Wildman–Crippen LogP) is 4.06. The number of carbonyl (C=O) groups is 3. The summed E-state index contributed by atoms with van der Waals surface area (Å²) in [5, 5.41) is 14.4. The van der Waals surface area contributed by atoms with Crippen LogP contribution in [0.5, 0.6) is 0 Å². The molecule has 3 rings (SSSR count). The van der Waals surface area contributed by atoms with E-state index in [0.717, 1.165) is 22.3 Å². The Bertz CT molecular complexity index is 929. The standard InChI is InChI=1S/C25H30N2O5/c1-3-9-21(23(28)26-22(10-4-2)24(29)30)27-25(31)32-15-20-18-13-7-5-11-16(18)17-12-6-8-14-19(17)20/h5-8,11-14,20-22H,3-4,9-10,15H2,1-2H3,(H,26,28)(H,27,31)(H,29,30)/t21-,22-/m1/s1. The lowest BCUT2D eigenvalue weighted by Gasteiger charge is -2.21. The van der Waals surface area contributed by atoms with Crippen LogP contribution in [-0.2, 0) is 14.3 Å². The average Bonchev–Trinajstić information content (AvgIpc) is 3.10. The highest BCUT2D eigenvalue weighted by Crippen LogP contribution is 2.44. The summed E-state index contributed by atoms with van der Waals surface area (Å²) in [7, 11) is 0. The third kappa shape index (κ3) is 5.28. The second-order valence-corrected chi connectivity index (χ2v) is 8.00. The third-order valence-electron chi connectivity index (χ3n) is 5.72. The first-order valence-electron chi connectivity index (χ1n) is 11.1. The molecule has 0 aliphatic heterocycles. The van der Waals surface area contributed by atoms with Crippen LogP contribution in [0.15, 0.2) is 48.5 Å². The molecule has 2 aromatic carbocycles. The molecule has 0 spiro atoms. The molecule has 1 aliphatic rings. The molecule has 1 aliphatic carbocycles. The van der Waals surface area contributed by atoms with Crippen LogP contribution in [-0.4, -0.2) is 41.8 Å². The molecule has 0 saturated heterocycles. The van der Waals surface area contributed by atoms with Crippen LogP contribution < -0.4 is 10.6 Å². The number of carboxylic acid groups (broad SMARTS) is 1. The average molecular weight is 439 g/mol. The summed E-state index contributed by atoms with van der Waals surface area (Å²) >= 11 is 0. The topological polar surface area (TPSA) is 105 Å². The number of ether oxygens (including phenoxy) is 1. The Morgan fingerprint density at radius 1 is 0.875 bits per heavy atom. The minimum Gasteiger partial charge on any atom is -0.480 e.